The summed E-state index contributed by atoms with van der Waals surface area (Å²) in [6.07, 6.45) is 1.69. The Hall–Kier alpha value is -3.86. The molecule has 30 heavy (non-hydrogen) atoms. The minimum absolute atomic E-state index is 0.258. The fourth-order valence-electron chi connectivity index (χ4n) is 2.99. The molecule has 0 atom stereocenters. The highest BCUT2D eigenvalue weighted by molar-refractivity contribution is 6.12. The number of ether oxygens (including phenoxy) is 3. The van der Waals surface area contributed by atoms with E-state index < -0.39 is 5.97 Å². The van der Waals surface area contributed by atoms with Crippen LogP contribution in [0.5, 0.6) is 11.5 Å². The van der Waals surface area contributed by atoms with Gasteiger partial charge >= 0.3 is 5.97 Å². The molecule has 150 valence electrons. The summed E-state index contributed by atoms with van der Waals surface area (Å²) >= 11 is 0. The molecule has 0 fully saturated rings. The van der Waals surface area contributed by atoms with E-state index in [4.69, 9.17) is 14.2 Å². The lowest BCUT2D eigenvalue weighted by atomic mass is 10.2. The average Bonchev–Trinajstić information content (AvgIpc) is 3.13. The lowest BCUT2D eigenvalue weighted by Crippen LogP contribution is -2.09. The second-order valence-electron chi connectivity index (χ2n) is 6.74. The van der Waals surface area contributed by atoms with E-state index in [9.17, 15) is 4.79 Å². The third-order valence-corrected chi connectivity index (χ3v) is 4.51. The summed E-state index contributed by atoms with van der Waals surface area (Å²) < 4.78 is 16.8. The zero-order valence-corrected chi connectivity index (χ0v) is 16.6. The van der Waals surface area contributed by atoms with Crippen molar-refractivity contribution in [3.8, 4) is 11.5 Å². The number of hydrogen-bond donors (Lipinski definition) is 0. The number of carbonyl (C=O) groups excluding carboxylic acids is 1. The van der Waals surface area contributed by atoms with Crippen LogP contribution < -0.4 is 9.47 Å². The number of rotatable bonds is 7. The van der Waals surface area contributed by atoms with Crippen LogP contribution in [0.4, 0.5) is 0 Å². The van der Waals surface area contributed by atoms with E-state index in [1.807, 2.05) is 85.8 Å². The fourth-order valence-corrected chi connectivity index (χ4v) is 2.99. The van der Waals surface area contributed by atoms with Crippen LogP contribution in [-0.4, -0.2) is 25.1 Å². The largest absolute Gasteiger partial charge is 0.490 e. The summed E-state index contributed by atoms with van der Waals surface area (Å²) in [4.78, 5) is 16.5. The third-order valence-electron chi connectivity index (χ3n) is 4.51. The van der Waals surface area contributed by atoms with Crippen LogP contribution in [-0.2, 0) is 9.53 Å². The van der Waals surface area contributed by atoms with Crippen molar-refractivity contribution in [3.63, 3.8) is 0 Å². The van der Waals surface area contributed by atoms with Gasteiger partial charge in [0.25, 0.3) is 0 Å². The molecule has 0 bridgehead atoms. The van der Waals surface area contributed by atoms with Gasteiger partial charge in [0.2, 0.25) is 5.90 Å². The van der Waals surface area contributed by atoms with Crippen LogP contribution in [0, 0.1) is 6.92 Å². The molecule has 0 spiro atoms. The first-order chi connectivity index (χ1) is 14.7. The third kappa shape index (κ3) is 4.75. The van der Waals surface area contributed by atoms with Gasteiger partial charge in [0, 0.05) is 5.56 Å². The molecule has 3 aromatic rings. The maximum atomic E-state index is 12.2. The molecule has 4 rings (SSSR count). The number of aryl methyl sites for hydroxylation is 1. The topological polar surface area (TPSA) is 57.1 Å². The van der Waals surface area contributed by atoms with Gasteiger partial charge in [-0.3, -0.25) is 0 Å². The Bertz CT molecular complexity index is 1100. The number of aliphatic imine (C=N–C) groups is 1. The number of benzene rings is 3. The van der Waals surface area contributed by atoms with Crippen molar-refractivity contribution in [2.45, 2.75) is 6.92 Å². The van der Waals surface area contributed by atoms with Crippen LogP contribution in [0.1, 0.15) is 16.7 Å². The predicted molar refractivity (Wildman–Crippen MR) is 116 cm³/mol. The van der Waals surface area contributed by atoms with Gasteiger partial charge in [-0.25, -0.2) is 9.79 Å². The summed E-state index contributed by atoms with van der Waals surface area (Å²) in [6, 6.07) is 24.7. The van der Waals surface area contributed by atoms with Crippen molar-refractivity contribution < 1.29 is 19.0 Å². The smallest absolute Gasteiger partial charge is 0.363 e. The molecule has 0 radical (unpaired) electrons. The highest BCUT2D eigenvalue weighted by Crippen LogP contribution is 2.21. The van der Waals surface area contributed by atoms with Crippen molar-refractivity contribution in [3.05, 3.63) is 101 Å². The Kier molecular flexibility index (Phi) is 5.90. The molecule has 1 aliphatic rings. The second-order valence-corrected chi connectivity index (χ2v) is 6.74. The molecule has 1 heterocycles. The van der Waals surface area contributed by atoms with Crippen molar-refractivity contribution in [1.82, 2.24) is 0 Å². The van der Waals surface area contributed by atoms with Gasteiger partial charge in [-0.1, -0.05) is 48.5 Å². The molecule has 0 saturated heterocycles. The Morgan fingerprint density at radius 1 is 0.900 bits per heavy atom. The van der Waals surface area contributed by atoms with Gasteiger partial charge in [-0.05, 0) is 54.5 Å². The molecular formula is C25H21NO4. The number of hydrogen-bond acceptors (Lipinski definition) is 5. The molecule has 5 nitrogen and oxygen atoms in total. The van der Waals surface area contributed by atoms with Crippen LogP contribution in [0.15, 0.2) is 89.6 Å². The van der Waals surface area contributed by atoms with Crippen molar-refractivity contribution in [1.29, 1.82) is 0 Å². The van der Waals surface area contributed by atoms with E-state index in [2.05, 4.69) is 4.99 Å². The summed E-state index contributed by atoms with van der Waals surface area (Å²) in [5, 5.41) is 0. The van der Waals surface area contributed by atoms with E-state index in [-0.39, 0.29) is 5.70 Å². The summed E-state index contributed by atoms with van der Waals surface area (Å²) in [7, 11) is 0. The lowest BCUT2D eigenvalue weighted by molar-refractivity contribution is -0.129. The number of nitrogens with zero attached hydrogens (tertiary/aromatic N) is 1. The maximum Gasteiger partial charge on any atom is 0.363 e. The van der Waals surface area contributed by atoms with Gasteiger partial charge in [-0.2, -0.15) is 0 Å². The van der Waals surface area contributed by atoms with Crippen molar-refractivity contribution in [2.24, 2.45) is 4.99 Å². The van der Waals surface area contributed by atoms with Crippen LogP contribution >= 0.6 is 0 Å². The lowest BCUT2D eigenvalue weighted by Gasteiger charge is -2.10. The maximum absolute atomic E-state index is 12.2. The minimum Gasteiger partial charge on any atom is -0.490 e. The Morgan fingerprint density at radius 3 is 2.50 bits per heavy atom. The van der Waals surface area contributed by atoms with E-state index in [1.54, 1.807) is 6.08 Å². The Balaban J connectivity index is 1.39. The number of cyclic esters (lactones) is 1. The normalized spacial score (nSPS) is 14.4. The fraction of sp³-hybridized carbons (Fsp3) is 0.120. The first kappa shape index (κ1) is 19.5. The molecular weight excluding hydrogens is 378 g/mol. The number of esters is 1. The summed E-state index contributed by atoms with van der Waals surface area (Å²) in [5.74, 6) is 1.39. The SMILES string of the molecule is Cc1ccccc1OCCOc1cccc(/C=C2/N=C(c3ccccc3)OC2=O)c1. The highest BCUT2D eigenvalue weighted by Gasteiger charge is 2.23. The summed E-state index contributed by atoms with van der Waals surface area (Å²) in [6.45, 7) is 2.85. The Morgan fingerprint density at radius 2 is 1.67 bits per heavy atom. The molecule has 5 heteroatoms. The zero-order valence-electron chi connectivity index (χ0n) is 16.6. The molecule has 0 amide bonds. The minimum atomic E-state index is -0.466. The second kappa shape index (κ2) is 9.09. The predicted octanol–water partition coefficient (Wildman–Crippen LogP) is 4.80. The van der Waals surface area contributed by atoms with Gasteiger partial charge in [-0.15, -0.1) is 0 Å². The van der Waals surface area contributed by atoms with Crippen molar-refractivity contribution in [2.75, 3.05) is 13.2 Å². The zero-order chi connectivity index (χ0) is 20.8. The standard InChI is InChI=1S/C25H21NO4/c1-18-8-5-6-13-23(18)29-15-14-28-21-12-7-9-19(16-21)17-22-25(27)30-24(26-22)20-10-3-2-4-11-20/h2-13,16-17H,14-15H2,1H3/b22-17+. The first-order valence-electron chi connectivity index (χ1n) is 9.68. The van der Waals surface area contributed by atoms with Gasteiger partial charge in [0.1, 0.15) is 24.7 Å². The first-order valence-corrected chi connectivity index (χ1v) is 9.68. The Labute approximate surface area is 175 Å². The summed E-state index contributed by atoms with van der Waals surface area (Å²) in [5.41, 5.74) is 2.91. The monoisotopic (exact) mass is 399 g/mol. The van der Waals surface area contributed by atoms with E-state index in [1.165, 1.54) is 0 Å². The number of carbonyl (C=O) groups is 1. The average molecular weight is 399 g/mol. The van der Waals surface area contributed by atoms with E-state index in [0.29, 0.717) is 24.9 Å². The van der Waals surface area contributed by atoms with Crippen molar-refractivity contribution >= 4 is 17.9 Å². The molecule has 0 aliphatic carbocycles. The molecule has 3 aromatic carbocycles. The molecule has 0 aromatic heterocycles. The van der Waals surface area contributed by atoms with Crippen LogP contribution in [0.3, 0.4) is 0 Å². The van der Waals surface area contributed by atoms with E-state index >= 15 is 0 Å². The molecule has 0 unspecified atom stereocenters. The van der Waals surface area contributed by atoms with Crippen LogP contribution in [0.25, 0.3) is 6.08 Å². The van der Waals surface area contributed by atoms with Crippen LogP contribution in [0.2, 0.25) is 0 Å². The number of para-hydroxylation sites is 1. The van der Waals surface area contributed by atoms with E-state index in [0.717, 1.165) is 22.4 Å². The van der Waals surface area contributed by atoms with Gasteiger partial charge < -0.3 is 14.2 Å². The molecule has 0 N–H and O–H groups in total. The molecule has 0 saturated carbocycles. The highest BCUT2D eigenvalue weighted by atomic mass is 16.6. The molecule has 1 aliphatic heterocycles. The van der Waals surface area contributed by atoms with Gasteiger partial charge in [0.15, 0.2) is 5.70 Å². The quantitative estimate of drug-likeness (QED) is 0.325. The van der Waals surface area contributed by atoms with Gasteiger partial charge in [0.05, 0.1) is 0 Å².